The van der Waals surface area contributed by atoms with Crippen molar-refractivity contribution in [3.05, 3.63) is 47.5 Å². The number of hydrogen-bond donors (Lipinski definition) is 0. The Hall–Kier alpha value is -2.89. The molecule has 2 aromatic carbocycles. The molecule has 2 heterocycles. The lowest BCUT2D eigenvalue weighted by Gasteiger charge is -2.27. The van der Waals surface area contributed by atoms with Crippen LogP contribution in [0.1, 0.15) is 41.7 Å². The molecule has 28 heavy (non-hydrogen) atoms. The van der Waals surface area contributed by atoms with Crippen molar-refractivity contribution in [3.63, 3.8) is 0 Å². The monoisotopic (exact) mass is 383 g/mol. The van der Waals surface area contributed by atoms with Crippen molar-refractivity contribution in [2.75, 3.05) is 33.5 Å². The third-order valence-electron chi connectivity index (χ3n) is 5.18. The molecule has 0 aromatic heterocycles. The van der Waals surface area contributed by atoms with Crippen molar-refractivity contribution in [2.45, 2.75) is 25.8 Å². The molecule has 148 valence electrons. The average Bonchev–Trinajstić information content (AvgIpc) is 3.23. The number of fused-ring (bicyclic) bond motifs is 1. The Morgan fingerprint density at radius 3 is 2.71 bits per heavy atom. The summed E-state index contributed by atoms with van der Waals surface area (Å²) in [5, 5.41) is 0. The molecular formula is C22H25NO5. The Morgan fingerprint density at radius 2 is 1.93 bits per heavy atom. The third kappa shape index (κ3) is 3.46. The summed E-state index contributed by atoms with van der Waals surface area (Å²) >= 11 is 0. The number of carbonyl (C=O) groups is 1. The van der Waals surface area contributed by atoms with Crippen LogP contribution in [0.3, 0.4) is 0 Å². The molecule has 6 nitrogen and oxygen atoms in total. The highest BCUT2D eigenvalue weighted by atomic mass is 16.6. The van der Waals surface area contributed by atoms with Crippen LogP contribution >= 0.6 is 0 Å². The van der Waals surface area contributed by atoms with Crippen LogP contribution in [0.5, 0.6) is 23.0 Å². The lowest BCUT2D eigenvalue weighted by Crippen LogP contribution is -2.30. The average molecular weight is 383 g/mol. The second kappa shape index (κ2) is 8.00. The number of likely N-dealkylation sites (tertiary alicyclic amines) is 1. The summed E-state index contributed by atoms with van der Waals surface area (Å²) < 4.78 is 22.3. The number of rotatable bonds is 5. The van der Waals surface area contributed by atoms with Gasteiger partial charge in [-0.25, -0.2) is 0 Å². The van der Waals surface area contributed by atoms with Crippen LogP contribution in [0, 0.1) is 0 Å². The van der Waals surface area contributed by atoms with Crippen molar-refractivity contribution in [1.82, 2.24) is 4.90 Å². The molecule has 1 fully saturated rings. The molecule has 2 aliphatic rings. The minimum Gasteiger partial charge on any atom is -0.493 e. The molecule has 0 saturated carbocycles. The van der Waals surface area contributed by atoms with Gasteiger partial charge in [0.05, 0.1) is 19.8 Å². The Labute approximate surface area is 165 Å². The quantitative estimate of drug-likeness (QED) is 0.785. The minimum absolute atomic E-state index is 0.00117. The summed E-state index contributed by atoms with van der Waals surface area (Å²) in [5.41, 5.74) is 1.68. The second-order valence-electron chi connectivity index (χ2n) is 6.86. The second-order valence-corrected chi connectivity index (χ2v) is 6.86. The molecule has 0 unspecified atom stereocenters. The maximum absolute atomic E-state index is 13.2. The van der Waals surface area contributed by atoms with Crippen molar-refractivity contribution in [2.24, 2.45) is 0 Å². The molecule has 1 amide bonds. The largest absolute Gasteiger partial charge is 0.493 e. The van der Waals surface area contributed by atoms with Gasteiger partial charge in [0.15, 0.2) is 23.0 Å². The molecule has 1 saturated heterocycles. The van der Waals surface area contributed by atoms with E-state index in [1.807, 2.05) is 30.0 Å². The van der Waals surface area contributed by atoms with Gasteiger partial charge in [-0.15, -0.1) is 0 Å². The zero-order valence-corrected chi connectivity index (χ0v) is 16.3. The Kier molecular flexibility index (Phi) is 5.28. The predicted octanol–water partition coefficient (Wildman–Crippen LogP) is 3.84. The van der Waals surface area contributed by atoms with Gasteiger partial charge in [-0.3, -0.25) is 4.79 Å². The Balaban J connectivity index is 1.59. The third-order valence-corrected chi connectivity index (χ3v) is 5.18. The van der Waals surface area contributed by atoms with Gasteiger partial charge < -0.3 is 23.8 Å². The lowest BCUT2D eigenvalue weighted by atomic mass is 10.0. The molecule has 0 aliphatic carbocycles. The molecule has 2 aliphatic heterocycles. The molecule has 0 bridgehead atoms. The first-order valence-corrected chi connectivity index (χ1v) is 9.72. The highest BCUT2D eigenvalue weighted by molar-refractivity contribution is 5.95. The van der Waals surface area contributed by atoms with Crippen LogP contribution < -0.4 is 18.9 Å². The first-order valence-electron chi connectivity index (χ1n) is 9.72. The van der Waals surface area contributed by atoms with E-state index < -0.39 is 0 Å². The van der Waals surface area contributed by atoms with E-state index in [-0.39, 0.29) is 11.9 Å². The van der Waals surface area contributed by atoms with Crippen LogP contribution in [-0.4, -0.2) is 44.3 Å². The zero-order valence-electron chi connectivity index (χ0n) is 16.3. The molecule has 6 heteroatoms. The predicted molar refractivity (Wildman–Crippen MR) is 105 cm³/mol. The van der Waals surface area contributed by atoms with Gasteiger partial charge in [-0.2, -0.15) is 0 Å². The number of methoxy groups -OCH3 is 1. The van der Waals surface area contributed by atoms with E-state index in [2.05, 4.69) is 0 Å². The Bertz CT molecular complexity index is 866. The number of hydrogen-bond acceptors (Lipinski definition) is 5. The van der Waals surface area contributed by atoms with Gasteiger partial charge >= 0.3 is 0 Å². The van der Waals surface area contributed by atoms with Gasteiger partial charge in [0.2, 0.25) is 0 Å². The lowest BCUT2D eigenvalue weighted by molar-refractivity contribution is 0.0734. The van der Waals surface area contributed by atoms with Crippen molar-refractivity contribution >= 4 is 5.91 Å². The molecule has 0 N–H and O–H groups in total. The van der Waals surface area contributed by atoms with Crippen LogP contribution in [0.4, 0.5) is 0 Å². The summed E-state index contributed by atoms with van der Waals surface area (Å²) in [6.07, 6.45) is 1.90. The van der Waals surface area contributed by atoms with E-state index in [4.69, 9.17) is 18.9 Å². The van der Waals surface area contributed by atoms with E-state index in [9.17, 15) is 4.79 Å². The normalized spacial score (nSPS) is 18.1. The summed E-state index contributed by atoms with van der Waals surface area (Å²) in [6.45, 7) is 4.31. The summed E-state index contributed by atoms with van der Waals surface area (Å²) in [7, 11) is 1.58. The number of benzene rings is 2. The smallest absolute Gasteiger partial charge is 0.254 e. The van der Waals surface area contributed by atoms with Gasteiger partial charge in [0.25, 0.3) is 5.91 Å². The zero-order chi connectivity index (χ0) is 19.5. The molecule has 1 atom stereocenters. The molecule has 0 radical (unpaired) electrons. The van der Waals surface area contributed by atoms with E-state index in [1.54, 1.807) is 25.3 Å². The maximum Gasteiger partial charge on any atom is 0.254 e. The molecule has 2 aromatic rings. The number of ether oxygens (including phenoxy) is 4. The minimum atomic E-state index is -0.00117. The maximum atomic E-state index is 13.2. The van der Waals surface area contributed by atoms with E-state index in [0.29, 0.717) is 36.9 Å². The standard InChI is InChI=1S/C22H25NO5/c1-3-26-18-9-7-16(14-20(18)25-2)22(24)23-10-4-5-17(23)15-6-8-19-21(13-15)28-12-11-27-19/h6-9,13-14,17H,3-5,10-12H2,1-2H3/t17-/m1/s1. The highest BCUT2D eigenvalue weighted by Gasteiger charge is 2.32. The Morgan fingerprint density at radius 1 is 1.11 bits per heavy atom. The first kappa shape index (κ1) is 18.5. The van der Waals surface area contributed by atoms with Crippen LogP contribution in [0.25, 0.3) is 0 Å². The van der Waals surface area contributed by atoms with Gasteiger partial charge in [0, 0.05) is 12.1 Å². The van der Waals surface area contributed by atoms with Crippen LogP contribution in [-0.2, 0) is 0 Å². The fourth-order valence-electron chi connectivity index (χ4n) is 3.86. The van der Waals surface area contributed by atoms with Crippen LogP contribution in [0.15, 0.2) is 36.4 Å². The van der Waals surface area contributed by atoms with Crippen LogP contribution in [0.2, 0.25) is 0 Å². The highest BCUT2D eigenvalue weighted by Crippen LogP contribution is 2.39. The molecule has 4 rings (SSSR count). The number of nitrogens with zero attached hydrogens (tertiary/aromatic N) is 1. The van der Waals surface area contributed by atoms with Crippen molar-refractivity contribution in [3.8, 4) is 23.0 Å². The van der Waals surface area contributed by atoms with Gasteiger partial charge in [0.1, 0.15) is 13.2 Å². The fourth-order valence-corrected chi connectivity index (χ4v) is 3.86. The molecule has 0 spiro atoms. The summed E-state index contributed by atoms with van der Waals surface area (Å²) in [5.74, 6) is 2.74. The fraction of sp³-hybridized carbons (Fsp3) is 0.409. The summed E-state index contributed by atoms with van der Waals surface area (Å²) in [6, 6.07) is 11.4. The number of amides is 1. The topological polar surface area (TPSA) is 57.2 Å². The van der Waals surface area contributed by atoms with E-state index in [0.717, 1.165) is 36.4 Å². The van der Waals surface area contributed by atoms with E-state index >= 15 is 0 Å². The first-order chi connectivity index (χ1) is 13.7. The van der Waals surface area contributed by atoms with Gasteiger partial charge in [-0.05, 0) is 55.7 Å². The number of carbonyl (C=O) groups excluding carboxylic acids is 1. The van der Waals surface area contributed by atoms with Gasteiger partial charge in [-0.1, -0.05) is 6.07 Å². The van der Waals surface area contributed by atoms with Crippen molar-refractivity contribution < 1.29 is 23.7 Å². The molecular weight excluding hydrogens is 358 g/mol. The summed E-state index contributed by atoms with van der Waals surface area (Å²) in [4.78, 5) is 15.2. The van der Waals surface area contributed by atoms with Crippen molar-refractivity contribution in [1.29, 1.82) is 0 Å². The van der Waals surface area contributed by atoms with E-state index in [1.165, 1.54) is 0 Å². The SMILES string of the molecule is CCOc1ccc(C(=O)N2CCC[C@@H]2c2ccc3c(c2)OCCO3)cc1OC.